The Kier molecular flexibility index (Phi) is 3.54. The molecular formula is C12H11ClN2O2S. The van der Waals surface area contributed by atoms with Gasteiger partial charge in [-0.25, -0.2) is 8.42 Å². The molecular weight excluding hydrogens is 272 g/mol. The van der Waals surface area contributed by atoms with Crippen molar-refractivity contribution in [3.8, 4) is 0 Å². The van der Waals surface area contributed by atoms with Crippen LogP contribution in [0.4, 0.5) is 5.69 Å². The zero-order valence-electron chi connectivity index (χ0n) is 9.59. The van der Waals surface area contributed by atoms with E-state index in [1.54, 1.807) is 31.2 Å². The van der Waals surface area contributed by atoms with Crippen molar-refractivity contribution in [1.29, 1.82) is 0 Å². The lowest BCUT2D eigenvalue weighted by Gasteiger charge is -2.10. The van der Waals surface area contributed by atoms with Gasteiger partial charge in [-0.1, -0.05) is 17.7 Å². The van der Waals surface area contributed by atoms with Crippen LogP contribution in [-0.4, -0.2) is 13.4 Å². The first-order chi connectivity index (χ1) is 8.50. The zero-order chi connectivity index (χ0) is 13.2. The van der Waals surface area contributed by atoms with Crippen molar-refractivity contribution in [2.75, 3.05) is 4.72 Å². The molecule has 0 aliphatic rings. The molecule has 0 aliphatic heterocycles. The molecule has 6 heteroatoms. The van der Waals surface area contributed by atoms with E-state index in [0.29, 0.717) is 16.3 Å². The second kappa shape index (κ2) is 4.96. The molecule has 2 rings (SSSR count). The van der Waals surface area contributed by atoms with Gasteiger partial charge in [0.1, 0.15) is 4.90 Å². The summed E-state index contributed by atoms with van der Waals surface area (Å²) in [7, 11) is -3.62. The van der Waals surface area contributed by atoms with E-state index in [0.717, 1.165) is 0 Å². The quantitative estimate of drug-likeness (QED) is 0.942. The Morgan fingerprint density at radius 2 is 2.00 bits per heavy atom. The molecule has 0 unspecified atom stereocenters. The number of hydrogen-bond donors (Lipinski definition) is 1. The maximum absolute atomic E-state index is 12.1. The minimum absolute atomic E-state index is 0.115. The summed E-state index contributed by atoms with van der Waals surface area (Å²) < 4.78 is 26.6. The molecule has 18 heavy (non-hydrogen) atoms. The van der Waals surface area contributed by atoms with Gasteiger partial charge in [-0.2, -0.15) is 0 Å². The lowest BCUT2D eigenvalue weighted by molar-refractivity contribution is 0.601. The smallest absolute Gasteiger partial charge is 0.263 e. The largest absolute Gasteiger partial charge is 0.279 e. The predicted octanol–water partition coefficient (Wildman–Crippen LogP) is 2.84. The molecule has 1 aromatic heterocycles. The van der Waals surface area contributed by atoms with Crippen LogP contribution in [0.25, 0.3) is 0 Å². The predicted molar refractivity (Wildman–Crippen MR) is 71.2 cm³/mol. The van der Waals surface area contributed by atoms with Crippen LogP contribution in [0.15, 0.2) is 47.6 Å². The number of aromatic nitrogens is 1. The SMILES string of the molecule is Cc1c(Cl)cccc1NS(=O)(=O)c1cccnc1. The molecule has 0 radical (unpaired) electrons. The Morgan fingerprint density at radius 3 is 2.67 bits per heavy atom. The number of sulfonamides is 1. The topological polar surface area (TPSA) is 59.1 Å². The fourth-order valence-corrected chi connectivity index (χ4v) is 2.69. The Bertz CT molecular complexity index is 657. The van der Waals surface area contributed by atoms with Gasteiger partial charge in [-0.3, -0.25) is 9.71 Å². The molecule has 1 aromatic carbocycles. The van der Waals surface area contributed by atoms with E-state index in [9.17, 15) is 8.42 Å². The zero-order valence-corrected chi connectivity index (χ0v) is 11.2. The lowest BCUT2D eigenvalue weighted by Crippen LogP contribution is -2.13. The minimum atomic E-state index is -3.62. The van der Waals surface area contributed by atoms with Gasteiger partial charge in [0, 0.05) is 17.4 Å². The molecule has 4 nitrogen and oxygen atoms in total. The van der Waals surface area contributed by atoms with Crippen LogP contribution < -0.4 is 4.72 Å². The number of anilines is 1. The Hall–Kier alpha value is -1.59. The highest BCUT2D eigenvalue weighted by Crippen LogP contribution is 2.25. The molecule has 0 fully saturated rings. The number of benzene rings is 1. The highest BCUT2D eigenvalue weighted by atomic mass is 35.5. The molecule has 1 heterocycles. The standard InChI is InChI=1S/C12H11ClN2O2S/c1-9-11(13)5-2-6-12(9)15-18(16,17)10-4-3-7-14-8-10/h2-8,15H,1H3. The van der Waals surface area contributed by atoms with Gasteiger partial charge in [0.25, 0.3) is 10.0 Å². The van der Waals surface area contributed by atoms with E-state index in [1.807, 2.05) is 0 Å². The number of hydrogen-bond acceptors (Lipinski definition) is 3. The van der Waals surface area contributed by atoms with Crippen molar-refractivity contribution in [2.45, 2.75) is 11.8 Å². The summed E-state index contributed by atoms with van der Waals surface area (Å²) in [4.78, 5) is 3.90. The maximum Gasteiger partial charge on any atom is 0.263 e. The highest BCUT2D eigenvalue weighted by Gasteiger charge is 2.15. The van der Waals surface area contributed by atoms with Crippen molar-refractivity contribution < 1.29 is 8.42 Å². The lowest BCUT2D eigenvalue weighted by atomic mass is 10.2. The van der Waals surface area contributed by atoms with Crippen LogP contribution in [0.3, 0.4) is 0 Å². The minimum Gasteiger partial charge on any atom is -0.279 e. The second-order valence-corrected chi connectivity index (χ2v) is 5.80. The first kappa shape index (κ1) is 12.9. The Balaban J connectivity index is 2.37. The average Bonchev–Trinajstić information content (AvgIpc) is 2.36. The molecule has 0 amide bonds. The number of halogens is 1. The van der Waals surface area contributed by atoms with E-state index in [1.165, 1.54) is 18.5 Å². The van der Waals surface area contributed by atoms with Crippen LogP contribution >= 0.6 is 11.6 Å². The van der Waals surface area contributed by atoms with E-state index < -0.39 is 10.0 Å². The molecule has 0 saturated heterocycles. The average molecular weight is 283 g/mol. The summed E-state index contributed by atoms with van der Waals surface area (Å²) in [5, 5.41) is 0.515. The van der Waals surface area contributed by atoms with Crippen LogP contribution in [0, 0.1) is 6.92 Å². The maximum atomic E-state index is 12.1. The first-order valence-electron chi connectivity index (χ1n) is 5.18. The van der Waals surface area contributed by atoms with Crippen molar-refractivity contribution in [2.24, 2.45) is 0 Å². The molecule has 1 N–H and O–H groups in total. The third kappa shape index (κ3) is 2.63. The van der Waals surface area contributed by atoms with Crippen molar-refractivity contribution in [3.05, 3.63) is 53.3 Å². The molecule has 0 bridgehead atoms. The van der Waals surface area contributed by atoms with Gasteiger partial charge in [0.05, 0.1) is 5.69 Å². The number of pyridine rings is 1. The molecule has 0 saturated carbocycles. The van der Waals surface area contributed by atoms with Gasteiger partial charge < -0.3 is 0 Å². The van der Waals surface area contributed by atoms with Crippen molar-refractivity contribution in [3.63, 3.8) is 0 Å². The normalized spacial score (nSPS) is 11.2. The molecule has 0 atom stereocenters. The number of nitrogens with zero attached hydrogens (tertiary/aromatic N) is 1. The van der Waals surface area contributed by atoms with Crippen LogP contribution in [0.2, 0.25) is 5.02 Å². The highest BCUT2D eigenvalue weighted by molar-refractivity contribution is 7.92. The number of rotatable bonds is 3. The molecule has 2 aromatic rings. The fourth-order valence-electron chi connectivity index (χ4n) is 1.43. The van der Waals surface area contributed by atoms with Gasteiger partial charge in [-0.15, -0.1) is 0 Å². The first-order valence-corrected chi connectivity index (χ1v) is 7.05. The van der Waals surface area contributed by atoms with Gasteiger partial charge in [-0.05, 0) is 36.8 Å². The van der Waals surface area contributed by atoms with Crippen LogP contribution in [0.5, 0.6) is 0 Å². The van der Waals surface area contributed by atoms with Crippen LogP contribution in [-0.2, 0) is 10.0 Å². The third-order valence-corrected chi connectivity index (χ3v) is 4.22. The summed E-state index contributed by atoms with van der Waals surface area (Å²) >= 11 is 5.94. The van der Waals surface area contributed by atoms with E-state index in [4.69, 9.17) is 11.6 Å². The number of nitrogens with one attached hydrogen (secondary N) is 1. The summed E-state index contributed by atoms with van der Waals surface area (Å²) in [6.45, 7) is 1.75. The monoisotopic (exact) mass is 282 g/mol. The van der Waals surface area contributed by atoms with Gasteiger partial charge in [0.15, 0.2) is 0 Å². The summed E-state index contributed by atoms with van der Waals surface area (Å²) in [6, 6.07) is 8.11. The summed E-state index contributed by atoms with van der Waals surface area (Å²) in [6.07, 6.45) is 2.81. The third-order valence-electron chi connectivity index (χ3n) is 2.46. The summed E-state index contributed by atoms with van der Waals surface area (Å²) in [5.41, 5.74) is 1.15. The van der Waals surface area contributed by atoms with Crippen LogP contribution in [0.1, 0.15) is 5.56 Å². The van der Waals surface area contributed by atoms with Crippen molar-refractivity contribution in [1.82, 2.24) is 4.98 Å². The van der Waals surface area contributed by atoms with E-state index >= 15 is 0 Å². The second-order valence-electron chi connectivity index (χ2n) is 3.71. The van der Waals surface area contributed by atoms with Gasteiger partial charge in [0.2, 0.25) is 0 Å². The Labute approximate surface area is 111 Å². The molecule has 0 spiro atoms. The Morgan fingerprint density at radius 1 is 1.22 bits per heavy atom. The van der Waals surface area contributed by atoms with E-state index in [2.05, 4.69) is 9.71 Å². The van der Waals surface area contributed by atoms with E-state index in [-0.39, 0.29) is 4.90 Å². The van der Waals surface area contributed by atoms with Gasteiger partial charge >= 0.3 is 0 Å². The fraction of sp³-hybridized carbons (Fsp3) is 0.0833. The summed E-state index contributed by atoms with van der Waals surface area (Å²) in [5.74, 6) is 0. The van der Waals surface area contributed by atoms with Crippen molar-refractivity contribution >= 4 is 27.3 Å². The molecule has 0 aliphatic carbocycles. The molecule has 94 valence electrons.